The maximum atomic E-state index is 4.68. The van der Waals surface area contributed by atoms with Gasteiger partial charge in [-0.25, -0.2) is 0 Å². The minimum atomic E-state index is 0.490. The zero-order valence-electron chi connectivity index (χ0n) is 11.2. The number of nitrogens with one attached hydrogen (secondary N) is 1. The third-order valence-corrected chi connectivity index (χ3v) is 2.93. The fourth-order valence-electron chi connectivity index (χ4n) is 1.92. The molecule has 3 nitrogen and oxygen atoms in total. The highest BCUT2D eigenvalue weighted by molar-refractivity contribution is 6.04. The lowest BCUT2D eigenvalue weighted by Gasteiger charge is -2.12. The first-order valence-corrected chi connectivity index (χ1v) is 6.50. The van der Waals surface area contributed by atoms with Gasteiger partial charge < -0.3 is 5.32 Å². The number of hydrogen-bond acceptors (Lipinski definition) is 2. The molecule has 2 rings (SSSR count). The van der Waals surface area contributed by atoms with E-state index in [0.29, 0.717) is 5.92 Å². The summed E-state index contributed by atoms with van der Waals surface area (Å²) in [6, 6.07) is 10.1. The molecule has 0 fully saturated rings. The molecule has 0 aliphatic heterocycles. The Labute approximate surface area is 114 Å². The standard InChI is InChI=1S/C16H19N3/c1-17-13-19-16(15-10-6-3-7-11-15)18-12-14-8-4-2-5-9-14/h2-8,10-11,13-14H,9,12H2,1H3,(H,17,18,19). The molecule has 19 heavy (non-hydrogen) atoms. The lowest BCUT2D eigenvalue weighted by molar-refractivity contribution is 0.669. The predicted octanol–water partition coefficient (Wildman–Crippen LogP) is 2.81. The zero-order chi connectivity index (χ0) is 13.3. The van der Waals surface area contributed by atoms with Crippen molar-refractivity contribution in [2.45, 2.75) is 6.42 Å². The Balaban J connectivity index is 2.08. The van der Waals surface area contributed by atoms with Gasteiger partial charge >= 0.3 is 0 Å². The number of allylic oxidation sites excluding steroid dienone is 3. The first kappa shape index (κ1) is 13.3. The molecule has 1 unspecified atom stereocenters. The monoisotopic (exact) mass is 253 g/mol. The smallest absolute Gasteiger partial charge is 0.133 e. The highest BCUT2D eigenvalue weighted by Crippen LogP contribution is 2.12. The molecule has 0 aromatic heterocycles. The van der Waals surface area contributed by atoms with E-state index in [1.807, 2.05) is 30.3 Å². The second-order valence-corrected chi connectivity index (χ2v) is 4.40. The van der Waals surface area contributed by atoms with Gasteiger partial charge in [-0.2, -0.15) is 0 Å². The topological polar surface area (TPSA) is 36.8 Å². The average molecular weight is 253 g/mol. The number of benzene rings is 1. The van der Waals surface area contributed by atoms with Gasteiger partial charge in [-0.05, 0) is 6.42 Å². The Morgan fingerprint density at radius 1 is 1.32 bits per heavy atom. The fraction of sp³-hybridized carbons (Fsp3) is 0.250. The van der Waals surface area contributed by atoms with E-state index < -0.39 is 0 Å². The molecule has 0 heterocycles. The number of rotatable bonds is 4. The molecule has 1 N–H and O–H groups in total. The molecule has 1 aromatic carbocycles. The molecule has 0 saturated heterocycles. The Kier molecular flexibility index (Phi) is 5.11. The predicted molar refractivity (Wildman–Crippen MR) is 81.8 cm³/mol. The Morgan fingerprint density at radius 2 is 2.16 bits per heavy atom. The third kappa shape index (κ3) is 4.21. The van der Waals surface area contributed by atoms with Gasteiger partial charge in [0.05, 0.1) is 6.34 Å². The van der Waals surface area contributed by atoms with Crippen LogP contribution in [-0.4, -0.2) is 25.8 Å². The van der Waals surface area contributed by atoms with Crippen LogP contribution in [0.5, 0.6) is 0 Å². The maximum Gasteiger partial charge on any atom is 0.133 e. The van der Waals surface area contributed by atoms with Crippen molar-refractivity contribution < 1.29 is 0 Å². The van der Waals surface area contributed by atoms with Gasteiger partial charge in [0.15, 0.2) is 0 Å². The van der Waals surface area contributed by atoms with Crippen LogP contribution in [0.2, 0.25) is 0 Å². The Hall–Kier alpha value is -2.16. The number of amidine groups is 1. The maximum absolute atomic E-state index is 4.68. The van der Waals surface area contributed by atoms with Gasteiger partial charge in [-0.1, -0.05) is 54.6 Å². The molecule has 0 spiro atoms. The van der Waals surface area contributed by atoms with Crippen molar-refractivity contribution in [3.63, 3.8) is 0 Å². The minimum Gasteiger partial charge on any atom is -0.331 e. The van der Waals surface area contributed by atoms with Crippen LogP contribution >= 0.6 is 0 Å². The van der Waals surface area contributed by atoms with Crippen molar-refractivity contribution in [2.75, 3.05) is 13.6 Å². The summed E-state index contributed by atoms with van der Waals surface area (Å²) in [5, 5.41) is 3.14. The van der Waals surface area contributed by atoms with Crippen molar-refractivity contribution in [1.82, 2.24) is 5.32 Å². The lowest BCUT2D eigenvalue weighted by atomic mass is 10.0. The van der Waals surface area contributed by atoms with E-state index in [2.05, 4.69) is 39.6 Å². The van der Waals surface area contributed by atoms with E-state index >= 15 is 0 Å². The molecule has 1 aliphatic rings. The third-order valence-electron chi connectivity index (χ3n) is 2.93. The summed E-state index contributed by atoms with van der Waals surface area (Å²) in [7, 11) is 1.74. The largest absolute Gasteiger partial charge is 0.331 e. The van der Waals surface area contributed by atoms with Crippen LogP contribution in [0, 0.1) is 5.92 Å². The molecule has 0 amide bonds. The van der Waals surface area contributed by atoms with Crippen LogP contribution in [0.15, 0.2) is 64.6 Å². The van der Waals surface area contributed by atoms with Crippen LogP contribution in [0.3, 0.4) is 0 Å². The highest BCUT2D eigenvalue weighted by atomic mass is 15.0. The van der Waals surface area contributed by atoms with Crippen LogP contribution < -0.4 is 5.32 Å². The summed E-state index contributed by atoms with van der Waals surface area (Å²) in [6.07, 6.45) is 11.3. The van der Waals surface area contributed by atoms with Crippen LogP contribution in [-0.2, 0) is 0 Å². The summed E-state index contributed by atoms with van der Waals surface area (Å²) >= 11 is 0. The van der Waals surface area contributed by atoms with Gasteiger partial charge in [0.2, 0.25) is 0 Å². The Morgan fingerprint density at radius 3 is 2.84 bits per heavy atom. The van der Waals surface area contributed by atoms with Crippen LogP contribution in [0.1, 0.15) is 12.0 Å². The zero-order valence-corrected chi connectivity index (χ0v) is 11.2. The van der Waals surface area contributed by atoms with Crippen LogP contribution in [0.25, 0.3) is 0 Å². The molecule has 1 aromatic rings. The summed E-state index contributed by atoms with van der Waals surface area (Å²) in [5.41, 5.74) is 1.08. The molecular formula is C16H19N3. The van der Waals surface area contributed by atoms with Gasteiger partial charge in [0.1, 0.15) is 5.84 Å². The molecule has 0 saturated carbocycles. The lowest BCUT2D eigenvalue weighted by Crippen LogP contribution is -2.24. The summed E-state index contributed by atoms with van der Waals surface area (Å²) in [5.74, 6) is 1.36. The van der Waals surface area contributed by atoms with E-state index in [4.69, 9.17) is 0 Å². The molecule has 0 radical (unpaired) electrons. The molecule has 98 valence electrons. The number of hydrogen-bond donors (Lipinski definition) is 1. The van der Waals surface area contributed by atoms with E-state index in [1.54, 1.807) is 13.4 Å². The van der Waals surface area contributed by atoms with Crippen LogP contribution in [0.4, 0.5) is 0 Å². The Bertz CT molecular complexity index is 498. The quantitative estimate of drug-likeness (QED) is 0.650. The van der Waals surface area contributed by atoms with Crippen molar-refractivity contribution >= 4 is 12.2 Å². The number of nitrogens with zero attached hydrogens (tertiary/aromatic N) is 2. The van der Waals surface area contributed by atoms with Gasteiger partial charge in [0.25, 0.3) is 0 Å². The SMILES string of the molecule is CN=CNC(=NCC1C=CC=CC1)c1ccccc1. The van der Waals surface area contributed by atoms with E-state index in [1.165, 1.54) is 0 Å². The van der Waals surface area contributed by atoms with Gasteiger partial charge in [-0.15, -0.1) is 0 Å². The van der Waals surface area contributed by atoms with Gasteiger partial charge in [-0.3, -0.25) is 9.98 Å². The summed E-state index contributed by atoms with van der Waals surface area (Å²) in [6.45, 7) is 0.787. The van der Waals surface area contributed by atoms with Crippen molar-refractivity contribution in [1.29, 1.82) is 0 Å². The highest BCUT2D eigenvalue weighted by Gasteiger charge is 2.06. The van der Waals surface area contributed by atoms with Crippen molar-refractivity contribution in [2.24, 2.45) is 15.9 Å². The second kappa shape index (κ2) is 7.31. The van der Waals surface area contributed by atoms with E-state index in [9.17, 15) is 0 Å². The molecule has 1 atom stereocenters. The first-order valence-electron chi connectivity index (χ1n) is 6.50. The van der Waals surface area contributed by atoms with Crippen molar-refractivity contribution in [3.8, 4) is 0 Å². The fourth-order valence-corrected chi connectivity index (χ4v) is 1.92. The van der Waals surface area contributed by atoms with Crippen molar-refractivity contribution in [3.05, 3.63) is 60.2 Å². The molecule has 3 heteroatoms. The van der Waals surface area contributed by atoms with Gasteiger partial charge in [0, 0.05) is 25.1 Å². The molecular weight excluding hydrogens is 234 g/mol. The molecule has 0 bridgehead atoms. The second-order valence-electron chi connectivity index (χ2n) is 4.40. The van der Waals surface area contributed by atoms with E-state index in [-0.39, 0.29) is 0 Å². The first-order chi connectivity index (χ1) is 9.40. The average Bonchev–Trinajstić information content (AvgIpc) is 2.49. The summed E-state index contributed by atoms with van der Waals surface area (Å²) < 4.78 is 0. The number of aliphatic imine (C=N–C) groups is 2. The molecule has 1 aliphatic carbocycles. The summed E-state index contributed by atoms with van der Waals surface area (Å²) in [4.78, 5) is 8.64. The normalized spacial score (nSPS) is 19.0. The minimum absolute atomic E-state index is 0.490. The van der Waals surface area contributed by atoms with E-state index in [0.717, 1.165) is 24.4 Å².